The summed E-state index contributed by atoms with van der Waals surface area (Å²) in [5.74, 6) is -1.57. The molecule has 0 bridgehead atoms. The predicted octanol–water partition coefficient (Wildman–Crippen LogP) is 3.04. The van der Waals surface area contributed by atoms with E-state index in [2.05, 4.69) is 5.32 Å². The van der Waals surface area contributed by atoms with Gasteiger partial charge in [-0.2, -0.15) is 5.26 Å². The topological polar surface area (TPSA) is 99.4 Å². The number of carbonyl (C=O) groups is 2. The fourth-order valence-corrected chi connectivity index (χ4v) is 3.41. The van der Waals surface area contributed by atoms with Crippen LogP contribution in [0.4, 0.5) is 5.00 Å². The SMILES string of the molecule is N#Cc1ccsc1NC(=O)COC(=O)C(O)(c1ccccc1)c1ccccc1. The molecule has 2 aromatic carbocycles. The molecular formula is C21H16N2O4S. The number of hydrogen-bond donors (Lipinski definition) is 2. The lowest BCUT2D eigenvalue weighted by Crippen LogP contribution is -2.39. The van der Waals surface area contributed by atoms with Crippen LogP contribution < -0.4 is 5.32 Å². The fourth-order valence-electron chi connectivity index (χ4n) is 2.65. The van der Waals surface area contributed by atoms with Gasteiger partial charge >= 0.3 is 5.97 Å². The number of thiophene rings is 1. The van der Waals surface area contributed by atoms with Gasteiger partial charge in [0.05, 0.1) is 5.56 Å². The molecule has 1 heterocycles. The van der Waals surface area contributed by atoms with E-state index < -0.39 is 24.1 Å². The zero-order valence-corrected chi connectivity index (χ0v) is 15.5. The van der Waals surface area contributed by atoms with E-state index in [1.54, 1.807) is 72.1 Å². The third kappa shape index (κ3) is 3.93. The van der Waals surface area contributed by atoms with Gasteiger partial charge < -0.3 is 15.2 Å². The van der Waals surface area contributed by atoms with Crippen molar-refractivity contribution in [2.24, 2.45) is 0 Å². The molecule has 7 heteroatoms. The van der Waals surface area contributed by atoms with Crippen LogP contribution in [0, 0.1) is 11.3 Å². The number of anilines is 1. The summed E-state index contributed by atoms with van der Waals surface area (Å²) in [5, 5.41) is 24.8. The minimum Gasteiger partial charge on any atom is -0.453 e. The first kappa shape index (κ1) is 19.3. The van der Waals surface area contributed by atoms with Crippen LogP contribution in [0.3, 0.4) is 0 Å². The molecule has 0 saturated carbocycles. The van der Waals surface area contributed by atoms with Crippen molar-refractivity contribution < 1.29 is 19.4 Å². The number of rotatable bonds is 6. The summed E-state index contributed by atoms with van der Waals surface area (Å²) < 4.78 is 5.12. The van der Waals surface area contributed by atoms with E-state index in [9.17, 15) is 14.7 Å². The molecule has 3 rings (SSSR count). The van der Waals surface area contributed by atoms with Crippen LogP contribution in [0.1, 0.15) is 16.7 Å². The second-order valence-corrected chi connectivity index (χ2v) is 6.76. The molecule has 0 aliphatic rings. The number of benzene rings is 2. The molecule has 1 aromatic heterocycles. The quantitative estimate of drug-likeness (QED) is 0.628. The summed E-state index contributed by atoms with van der Waals surface area (Å²) in [5.41, 5.74) is -1.06. The molecule has 0 spiro atoms. The van der Waals surface area contributed by atoms with Crippen LogP contribution in [-0.2, 0) is 19.9 Å². The van der Waals surface area contributed by atoms with E-state index in [1.165, 1.54) is 11.3 Å². The van der Waals surface area contributed by atoms with E-state index in [0.717, 1.165) is 0 Å². The van der Waals surface area contributed by atoms with Gasteiger partial charge in [0.15, 0.2) is 6.61 Å². The van der Waals surface area contributed by atoms with E-state index in [0.29, 0.717) is 21.7 Å². The Hall–Kier alpha value is -3.47. The summed E-state index contributed by atoms with van der Waals surface area (Å²) >= 11 is 1.19. The first-order valence-electron chi connectivity index (χ1n) is 8.34. The first-order valence-corrected chi connectivity index (χ1v) is 9.21. The maximum atomic E-state index is 12.8. The van der Waals surface area contributed by atoms with Gasteiger partial charge in [-0.1, -0.05) is 60.7 Å². The molecule has 140 valence electrons. The number of amides is 1. The summed E-state index contributed by atoms with van der Waals surface area (Å²) in [6.07, 6.45) is 0. The lowest BCUT2D eigenvalue weighted by atomic mass is 9.86. The van der Waals surface area contributed by atoms with Crippen molar-refractivity contribution in [2.75, 3.05) is 11.9 Å². The van der Waals surface area contributed by atoms with Gasteiger partial charge in [-0.3, -0.25) is 4.79 Å². The number of esters is 1. The average molecular weight is 392 g/mol. The van der Waals surface area contributed by atoms with E-state index in [-0.39, 0.29) is 0 Å². The van der Waals surface area contributed by atoms with E-state index in [1.807, 2.05) is 6.07 Å². The summed E-state index contributed by atoms with van der Waals surface area (Å²) in [6.45, 7) is -0.594. The Morgan fingerprint density at radius 2 is 1.61 bits per heavy atom. The molecule has 2 N–H and O–H groups in total. The molecule has 1 amide bonds. The van der Waals surface area contributed by atoms with Gasteiger partial charge in [0, 0.05) is 0 Å². The lowest BCUT2D eigenvalue weighted by Gasteiger charge is -2.26. The van der Waals surface area contributed by atoms with E-state index >= 15 is 0 Å². The predicted molar refractivity (Wildman–Crippen MR) is 105 cm³/mol. The maximum Gasteiger partial charge on any atom is 0.348 e. The number of nitrogens with one attached hydrogen (secondary N) is 1. The Balaban J connectivity index is 1.77. The van der Waals surface area contributed by atoms with E-state index in [4.69, 9.17) is 10.00 Å². The number of aliphatic hydroxyl groups is 1. The highest BCUT2D eigenvalue weighted by atomic mass is 32.1. The van der Waals surface area contributed by atoms with Gasteiger partial charge in [0.1, 0.15) is 11.1 Å². The van der Waals surface area contributed by atoms with Crippen molar-refractivity contribution >= 4 is 28.2 Å². The lowest BCUT2D eigenvalue weighted by molar-refractivity contribution is -0.163. The van der Waals surface area contributed by atoms with Gasteiger partial charge in [-0.15, -0.1) is 11.3 Å². The van der Waals surface area contributed by atoms with Crippen LogP contribution in [0.2, 0.25) is 0 Å². The van der Waals surface area contributed by atoms with Crippen molar-refractivity contribution in [1.29, 1.82) is 5.26 Å². The van der Waals surface area contributed by atoms with Crippen LogP contribution in [0.5, 0.6) is 0 Å². The third-order valence-electron chi connectivity index (χ3n) is 4.05. The zero-order valence-electron chi connectivity index (χ0n) is 14.7. The summed E-state index contributed by atoms with van der Waals surface area (Å²) in [6, 6.07) is 20.3. The molecule has 0 aliphatic carbocycles. The Morgan fingerprint density at radius 3 is 2.14 bits per heavy atom. The molecule has 0 aliphatic heterocycles. The second-order valence-electron chi connectivity index (χ2n) is 5.84. The average Bonchev–Trinajstić information content (AvgIpc) is 3.19. The van der Waals surface area contributed by atoms with Crippen molar-refractivity contribution in [3.8, 4) is 6.07 Å². The Bertz CT molecular complexity index is 970. The van der Waals surface area contributed by atoms with Crippen molar-refractivity contribution in [3.63, 3.8) is 0 Å². The second kappa shape index (κ2) is 8.48. The number of nitriles is 1. The number of hydrogen-bond acceptors (Lipinski definition) is 6. The molecule has 0 radical (unpaired) electrons. The molecular weight excluding hydrogens is 376 g/mol. The summed E-state index contributed by atoms with van der Waals surface area (Å²) in [4.78, 5) is 24.9. The highest BCUT2D eigenvalue weighted by molar-refractivity contribution is 7.14. The van der Waals surface area contributed by atoms with Crippen molar-refractivity contribution in [2.45, 2.75) is 5.60 Å². The van der Waals surface area contributed by atoms with Gasteiger partial charge in [0.25, 0.3) is 5.91 Å². The van der Waals surface area contributed by atoms with Gasteiger partial charge in [-0.25, -0.2) is 4.79 Å². The minimum atomic E-state index is -2.05. The summed E-state index contributed by atoms with van der Waals surface area (Å²) in [7, 11) is 0. The zero-order chi connectivity index (χ0) is 20.0. The van der Waals surface area contributed by atoms with Crippen LogP contribution in [0.25, 0.3) is 0 Å². The molecule has 0 saturated heterocycles. The Kier molecular flexibility index (Phi) is 5.84. The number of carbonyl (C=O) groups excluding carboxylic acids is 2. The van der Waals surface area contributed by atoms with Crippen LogP contribution in [-0.4, -0.2) is 23.6 Å². The van der Waals surface area contributed by atoms with Crippen molar-refractivity contribution in [1.82, 2.24) is 0 Å². The first-order chi connectivity index (χ1) is 13.6. The molecule has 6 nitrogen and oxygen atoms in total. The fraction of sp³-hybridized carbons (Fsp3) is 0.0952. The van der Waals surface area contributed by atoms with Crippen LogP contribution in [0.15, 0.2) is 72.1 Å². The molecule has 28 heavy (non-hydrogen) atoms. The van der Waals surface area contributed by atoms with Crippen molar-refractivity contribution in [3.05, 3.63) is 88.8 Å². The highest BCUT2D eigenvalue weighted by Gasteiger charge is 2.41. The normalized spacial score (nSPS) is 10.7. The van der Waals surface area contributed by atoms with Gasteiger partial charge in [-0.05, 0) is 22.6 Å². The molecule has 0 atom stereocenters. The standard InChI is InChI=1S/C21H16N2O4S/c22-13-15-11-12-28-19(15)23-18(24)14-27-20(25)21(26,16-7-3-1-4-8-16)17-9-5-2-6-10-17/h1-12,26H,14H2,(H,23,24). The Labute approximate surface area is 165 Å². The van der Waals surface area contributed by atoms with Crippen LogP contribution >= 0.6 is 11.3 Å². The number of ether oxygens (including phenoxy) is 1. The minimum absolute atomic E-state index is 0.328. The number of nitrogens with zero attached hydrogens (tertiary/aromatic N) is 1. The smallest absolute Gasteiger partial charge is 0.348 e. The third-order valence-corrected chi connectivity index (χ3v) is 4.88. The molecule has 3 aromatic rings. The monoisotopic (exact) mass is 392 g/mol. The Morgan fingerprint density at radius 1 is 1.04 bits per heavy atom. The highest BCUT2D eigenvalue weighted by Crippen LogP contribution is 2.31. The van der Waals surface area contributed by atoms with Gasteiger partial charge in [0.2, 0.25) is 5.60 Å². The molecule has 0 fully saturated rings. The maximum absolute atomic E-state index is 12.8. The molecule has 0 unspecified atom stereocenters. The largest absolute Gasteiger partial charge is 0.453 e.